The molecule has 8 nitrogen and oxygen atoms in total. The molecule has 3 aromatic rings. The van der Waals surface area contributed by atoms with E-state index in [9.17, 15) is 4.79 Å². The lowest BCUT2D eigenvalue weighted by atomic mass is 10.0. The van der Waals surface area contributed by atoms with Gasteiger partial charge < -0.3 is 25.3 Å². The van der Waals surface area contributed by atoms with E-state index < -0.39 is 11.9 Å². The molecule has 0 aliphatic carbocycles. The summed E-state index contributed by atoms with van der Waals surface area (Å²) >= 11 is 0. The number of hydrogen-bond acceptors (Lipinski definition) is 5. The van der Waals surface area contributed by atoms with E-state index >= 15 is 0 Å². The summed E-state index contributed by atoms with van der Waals surface area (Å²) in [5, 5.41) is 20.8. The first-order valence-corrected chi connectivity index (χ1v) is 8.61. The lowest BCUT2D eigenvalue weighted by molar-refractivity contribution is -0.159. The number of anilines is 1. The molecule has 150 valence electrons. The second kappa shape index (κ2) is 11.1. The topological polar surface area (TPSA) is 129 Å². The van der Waals surface area contributed by atoms with Crippen LogP contribution in [-0.2, 0) is 20.9 Å². The average Bonchev–Trinajstić information content (AvgIpc) is 3.23. The zero-order valence-corrected chi connectivity index (χ0v) is 15.4. The van der Waals surface area contributed by atoms with Crippen LogP contribution in [0.2, 0.25) is 0 Å². The van der Waals surface area contributed by atoms with Gasteiger partial charge in [0.15, 0.2) is 0 Å². The van der Waals surface area contributed by atoms with Gasteiger partial charge >= 0.3 is 11.9 Å². The molecule has 3 rings (SSSR count). The van der Waals surface area contributed by atoms with E-state index in [0.29, 0.717) is 6.54 Å². The van der Waals surface area contributed by atoms with Gasteiger partial charge in [-0.25, -0.2) is 9.59 Å². The molecule has 8 heteroatoms. The minimum absolute atomic E-state index is 0.0834. The van der Waals surface area contributed by atoms with Crippen molar-refractivity contribution in [3.05, 3.63) is 78.8 Å². The van der Waals surface area contributed by atoms with Crippen molar-refractivity contribution in [2.24, 2.45) is 0 Å². The number of nitrogens with one attached hydrogen (secondary N) is 2. The van der Waals surface area contributed by atoms with E-state index in [1.807, 2.05) is 66.7 Å². The van der Waals surface area contributed by atoms with Gasteiger partial charge in [-0.2, -0.15) is 0 Å². The molecule has 1 aromatic heterocycles. The molecule has 29 heavy (non-hydrogen) atoms. The Morgan fingerprint density at radius 3 is 2.10 bits per heavy atom. The Labute approximate surface area is 166 Å². The van der Waals surface area contributed by atoms with Crippen molar-refractivity contribution < 1.29 is 29.0 Å². The molecule has 0 bridgehead atoms. The number of carbonyl (C=O) groups is 3. The number of para-hydroxylation sites is 1. The molecular formula is C21H20N2O6. The highest BCUT2D eigenvalue weighted by Gasteiger charge is 2.08. The van der Waals surface area contributed by atoms with Crippen LogP contribution >= 0.6 is 0 Å². The lowest BCUT2D eigenvalue weighted by Crippen LogP contribution is -2.27. The maximum atomic E-state index is 12.1. The van der Waals surface area contributed by atoms with Crippen LogP contribution in [0, 0.1) is 0 Å². The van der Waals surface area contributed by atoms with Gasteiger partial charge in [-0.3, -0.25) is 4.79 Å². The van der Waals surface area contributed by atoms with Gasteiger partial charge in [0, 0.05) is 11.3 Å². The number of amides is 1. The van der Waals surface area contributed by atoms with Crippen LogP contribution in [0.5, 0.6) is 0 Å². The third-order valence-corrected chi connectivity index (χ3v) is 3.63. The second-order valence-corrected chi connectivity index (χ2v) is 5.75. The normalized spacial score (nSPS) is 9.79. The van der Waals surface area contributed by atoms with E-state index in [0.717, 1.165) is 22.6 Å². The molecule has 0 aliphatic rings. The van der Waals surface area contributed by atoms with Gasteiger partial charge in [0.2, 0.25) is 5.91 Å². The minimum atomic E-state index is -1.82. The maximum Gasteiger partial charge on any atom is 0.414 e. The van der Waals surface area contributed by atoms with Gasteiger partial charge in [0.1, 0.15) is 5.76 Å². The first kappa shape index (κ1) is 21.4. The lowest BCUT2D eigenvalue weighted by Gasteiger charge is -2.11. The number of furan rings is 1. The Bertz CT molecular complexity index is 927. The summed E-state index contributed by atoms with van der Waals surface area (Å²) in [5.74, 6) is -2.92. The molecule has 1 amide bonds. The first-order chi connectivity index (χ1) is 14.0. The van der Waals surface area contributed by atoms with Crippen LogP contribution in [0.3, 0.4) is 0 Å². The molecule has 0 fully saturated rings. The highest BCUT2D eigenvalue weighted by molar-refractivity contribution is 6.27. The summed E-state index contributed by atoms with van der Waals surface area (Å²) < 4.78 is 5.22. The van der Waals surface area contributed by atoms with Crippen molar-refractivity contribution in [2.45, 2.75) is 6.54 Å². The Hall–Kier alpha value is -3.91. The van der Waals surface area contributed by atoms with Gasteiger partial charge in [-0.1, -0.05) is 48.5 Å². The predicted octanol–water partition coefficient (Wildman–Crippen LogP) is 2.83. The van der Waals surface area contributed by atoms with Gasteiger partial charge in [-0.05, 0) is 23.8 Å². The van der Waals surface area contributed by atoms with Gasteiger partial charge in [0.05, 0.1) is 19.4 Å². The fourth-order valence-corrected chi connectivity index (χ4v) is 2.37. The molecule has 0 spiro atoms. The highest BCUT2D eigenvalue weighted by Crippen LogP contribution is 2.27. The SMILES string of the molecule is O=C(CNCc1ccco1)Nc1ccccc1-c1ccccc1.O=C(O)C(=O)O. The molecule has 4 N–H and O–H groups in total. The zero-order valence-electron chi connectivity index (χ0n) is 15.4. The standard InChI is InChI=1S/C19H18N2O2.C2H2O4/c22-19(14-20-13-16-9-6-12-23-16)21-18-11-5-4-10-17(18)15-7-2-1-3-8-15;3-1(4)2(5)6/h1-12,20H,13-14H2,(H,21,22);(H,3,4)(H,5,6). The van der Waals surface area contributed by atoms with Crippen molar-refractivity contribution in [3.63, 3.8) is 0 Å². The van der Waals surface area contributed by atoms with Crippen LogP contribution in [-0.4, -0.2) is 34.6 Å². The molecule has 2 aromatic carbocycles. The third-order valence-electron chi connectivity index (χ3n) is 3.63. The minimum Gasteiger partial charge on any atom is -0.473 e. The number of hydrogen-bond donors (Lipinski definition) is 4. The Kier molecular flexibility index (Phi) is 8.15. The fourth-order valence-electron chi connectivity index (χ4n) is 2.37. The van der Waals surface area contributed by atoms with Crippen LogP contribution in [0.15, 0.2) is 77.4 Å². The van der Waals surface area contributed by atoms with Crippen molar-refractivity contribution in [1.29, 1.82) is 0 Å². The number of carboxylic acids is 2. The summed E-state index contributed by atoms with van der Waals surface area (Å²) in [6.45, 7) is 0.755. The summed E-state index contributed by atoms with van der Waals surface area (Å²) in [6.07, 6.45) is 1.62. The quantitative estimate of drug-likeness (QED) is 0.472. The largest absolute Gasteiger partial charge is 0.473 e. The molecule has 0 aliphatic heterocycles. The smallest absolute Gasteiger partial charge is 0.414 e. The van der Waals surface area contributed by atoms with Crippen molar-refractivity contribution in [3.8, 4) is 11.1 Å². The summed E-state index contributed by atoms with van der Waals surface area (Å²) in [5.41, 5.74) is 2.89. The van der Waals surface area contributed by atoms with Crippen molar-refractivity contribution in [2.75, 3.05) is 11.9 Å². The summed E-state index contributed by atoms with van der Waals surface area (Å²) in [7, 11) is 0. The molecular weight excluding hydrogens is 376 g/mol. The molecule has 0 radical (unpaired) electrons. The predicted molar refractivity (Wildman–Crippen MR) is 106 cm³/mol. The van der Waals surface area contributed by atoms with Crippen LogP contribution in [0.4, 0.5) is 5.69 Å². The van der Waals surface area contributed by atoms with E-state index in [2.05, 4.69) is 10.6 Å². The number of rotatable bonds is 6. The van der Waals surface area contributed by atoms with E-state index in [1.54, 1.807) is 6.26 Å². The van der Waals surface area contributed by atoms with E-state index in [4.69, 9.17) is 24.2 Å². The van der Waals surface area contributed by atoms with Gasteiger partial charge in [0.25, 0.3) is 0 Å². The molecule has 0 atom stereocenters. The van der Waals surface area contributed by atoms with Gasteiger partial charge in [-0.15, -0.1) is 0 Å². The number of benzene rings is 2. The molecule has 0 saturated carbocycles. The van der Waals surface area contributed by atoms with Crippen molar-refractivity contribution >= 4 is 23.5 Å². The van der Waals surface area contributed by atoms with E-state index in [1.165, 1.54) is 0 Å². The van der Waals surface area contributed by atoms with Crippen LogP contribution in [0.25, 0.3) is 11.1 Å². The number of aliphatic carboxylic acids is 2. The summed E-state index contributed by atoms with van der Waals surface area (Å²) in [6, 6.07) is 21.5. The summed E-state index contributed by atoms with van der Waals surface area (Å²) in [4.78, 5) is 30.3. The Morgan fingerprint density at radius 1 is 0.828 bits per heavy atom. The highest BCUT2D eigenvalue weighted by atomic mass is 16.4. The van der Waals surface area contributed by atoms with Crippen molar-refractivity contribution in [1.82, 2.24) is 5.32 Å². The van der Waals surface area contributed by atoms with E-state index in [-0.39, 0.29) is 12.5 Å². The fraction of sp³-hybridized carbons (Fsp3) is 0.0952. The Morgan fingerprint density at radius 2 is 1.48 bits per heavy atom. The maximum absolute atomic E-state index is 12.1. The second-order valence-electron chi connectivity index (χ2n) is 5.75. The zero-order chi connectivity index (χ0) is 21.1. The molecule has 0 saturated heterocycles. The first-order valence-electron chi connectivity index (χ1n) is 8.61. The molecule has 1 heterocycles. The monoisotopic (exact) mass is 396 g/mol. The van der Waals surface area contributed by atoms with Crippen LogP contribution < -0.4 is 10.6 Å². The number of carboxylic acid groups (broad SMARTS) is 2. The van der Waals surface area contributed by atoms with Crippen LogP contribution in [0.1, 0.15) is 5.76 Å². The number of carbonyl (C=O) groups excluding carboxylic acids is 1. The average molecular weight is 396 g/mol. The third kappa shape index (κ3) is 7.31. The molecule has 0 unspecified atom stereocenters. The Balaban J connectivity index is 0.000000438.